The summed E-state index contributed by atoms with van der Waals surface area (Å²) >= 11 is 5.79. The molecule has 1 aromatic carbocycles. The number of benzene rings is 1. The van der Waals surface area contributed by atoms with Crippen molar-refractivity contribution in [3.63, 3.8) is 0 Å². The van der Waals surface area contributed by atoms with Crippen LogP contribution in [0.1, 0.15) is 11.1 Å². The van der Waals surface area contributed by atoms with Crippen LogP contribution in [0.15, 0.2) is 36.5 Å². The van der Waals surface area contributed by atoms with Gasteiger partial charge in [0.25, 0.3) is 0 Å². The second kappa shape index (κ2) is 5.19. The maximum atomic E-state index is 12.6. The van der Waals surface area contributed by atoms with Crippen molar-refractivity contribution in [1.82, 2.24) is 4.98 Å². The maximum Gasteiger partial charge on any atom is 0.416 e. The summed E-state index contributed by atoms with van der Waals surface area (Å²) in [7, 11) is 0. The molecule has 19 heavy (non-hydrogen) atoms. The highest BCUT2D eigenvalue weighted by Crippen LogP contribution is 2.32. The van der Waals surface area contributed by atoms with Gasteiger partial charge in [-0.25, -0.2) is 0 Å². The molecule has 2 aromatic rings. The van der Waals surface area contributed by atoms with Crippen LogP contribution < -0.4 is 0 Å². The number of alkyl halides is 3. The van der Waals surface area contributed by atoms with Crippen molar-refractivity contribution in [3.05, 3.63) is 52.7 Å². The third kappa shape index (κ3) is 3.05. The summed E-state index contributed by atoms with van der Waals surface area (Å²) in [5.41, 5.74) is 0.331. The van der Waals surface area contributed by atoms with E-state index in [0.29, 0.717) is 16.8 Å². The molecular formula is C13H9ClF3NO. The first-order chi connectivity index (χ1) is 8.91. The Balaban J connectivity index is 2.47. The molecule has 1 aromatic heterocycles. The number of aliphatic hydroxyl groups is 1. The fraction of sp³-hybridized carbons (Fsp3) is 0.154. The molecule has 0 aliphatic carbocycles. The number of halogens is 4. The minimum Gasteiger partial charge on any atom is -0.392 e. The summed E-state index contributed by atoms with van der Waals surface area (Å²) in [4.78, 5) is 3.97. The average Bonchev–Trinajstić information content (AvgIpc) is 2.38. The molecule has 0 amide bonds. The zero-order chi connectivity index (χ0) is 14.0. The molecule has 0 aliphatic heterocycles. The third-order valence-corrected chi connectivity index (χ3v) is 2.93. The molecule has 0 spiro atoms. The van der Waals surface area contributed by atoms with E-state index < -0.39 is 11.7 Å². The fourth-order valence-corrected chi connectivity index (χ4v) is 1.78. The molecule has 0 aliphatic rings. The highest BCUT2D eigenvalue weighted by Gasteiger charge is 2.30. The minimum atomic E-state index is -4.40. The van der Waals surface area contributed by atoms with Gasteiger partial charge in [-0.05, 0) is 23.8 Å². The lowest BCUT2D eigenvalue weighted by atomic mass is 10.1. The van der Waals surface area contributed by atoms with Gasteiger partial charge in [-0.1, -0.05) is 23.7 Å². The number of hydrogen-bond donors (Lipinski definition) is 1. The van der Waals surface area contributed by atoms with Gasteiger partial charge in [0.15, 0.2) is 0 Å². The van der Waals surface area contributed by atoms with Crippen molar-refractivity contribution < 1.29 is 18.3 Å². The predicted molar refractivity (Wildman–Crippen MR) is 65.6 cm³/mol. The highest BCUT2D eigenvalue weighted by atomic mass is 35.5. The van der Waals surface area contributed by atoms with Gasteiger partial charge in [-0.2, -0.15) is 13.2 Å². The zero-order valence-electron chi connectivity index (χ0n) is 9.58. The molecule has 0 saturated carbocycles. The summed E-state index contributed by atoms with van der Waals surface area (Å²) in [5.74, 6) is 0. The van der Waals surface area contributed by atoms with E-state index in [2.05, 4.69) is 4.98 Å². The lowest BCUT2D eigenvalue weighted by Crippen LogP contribution is -2.04. The van der Waals surface area contributed by atoms with Gasteiger partial charge in [0.05, 0.1) is 22.9 Å². The van der Waals surface area contributed by atoms with Crippen LogP contribution in [-0.4, -0.2) is 10.1 Å². The van der Waals surface area contributed by atoms with E-state index in [1.165, 1.54) is 24.4 Å². The molecular weight excluding hydrogens is 279 g/mol. The van der Waals surface area contributed by atoms with Gasteiger partial charge >= 0.3 is 6.18 Å². The van der Waals surface area contributed by atoms with E-state index in [0.717, 1.165) is 12.1 Å². The molecule has 1 N–H and O–H groups in total. The Morgan fingerprint density at radius 3 is 2.58 bits per heavy atom. The summed E-state index contributed by atoms with van der Waals surface area (Å²) in [6.45, 7) is -0.298. The van der Waals surface area contributed by atoms with Gasteiger partial charge in [-0.3, -0.25) is 4.98 Å². The summed E-state index contributed by atoms with van der Waals surface area (Å²) in [6, 6.07) is 6.31. The van der Waals surface area contributed by atoms with Crippen LogP contribution in [0.2, 0.25) is 5.02 Å². The molecule has 0 bridgehead atoms. The molecule has 0 saturated heterocycles. The van der Waals surface area contributed by atoms with Crippen molar-refractivity contribution in [2.45, 2.75) is 12.8 Å². The van der Waals surface area contributed by atoms with Crippen LogP contribution in [0.25, 0.3) is 11.3 Å². The van der Waals surface area contributed by atoms with Gasteiger partial charge in [0.2, 0.25) is 0 Å². The van der Waals surface area contributed by atoms with Crippen LogP contribution in [0, 0.1) is 0 Å². The first-order valence-electron chi connectivity index (χ1n) is 5.34. The predicted octanol–water partition coefficient (Wildman–Crippen LogP) is 3.91. The molecule has 0 radical (unpaired) electrons. The first-order valence-corrected chi connectivity index (χ1v) is 5.72. The van der Waals surface area contributed by atoms with Gasteiger partial charge < -0.3 is 5.11 Å². The molecule has 1 heterocycles. The Morgan fingerprint density at radius 1 is 1.21 bits per heavy atom. The van der Waals surface area contributed by atoms with Crippen molar-refractivity contribution >= 4 is 11.6 Å². The normalized spacial score (nSPS) is 11.6. The second-order valence-corrected chi connectivity index (χ2v) is 4.30. The Kier molecular flexibility index (Phi) is 3.78. The number of rotatable bonds is 2. The van der Waals surface area contributed by atoms with Crippen LogP contribution in [0.4, 0.5) is 13.2 Å². The largest absolute Gasteiger partial charge is 0.416 e. The van der Waals surface area contributed by atoms with E-state index in [4.69, 9.17) is 16.7 Å². The quantitative estimate of drug-likeness (QED) is 0.908. The number of aromatic nitrogens is 1. The molecule has 0 fully saturated rings. The summed E-state index contributed by atoms with van der Waals surface area (Å²) in [6.07, 6.45) is -3.09. The third-order valence-electron chi connectivity index (χ3n) is 2.59. The Morgan fingerprint density at radius 2 is 1.95 bits per heavy atom. The van der Waals surface area contributed by atoms with Crippen molar-refractivity contribution in [2.75, 3.05) is 0 Å². The smallest absolute Gasteiger partial charge is 0.392 e. The lowest BCUT2D eigenvalue weighted by molar-refractivity contribution is -0.137. The van der Waals surface area contributed by atoms with Crippen molar-refractivity contribution in [3.8, 4) is 11.3 Å². The molecule has 2 rings (SSSR count). The minimum absolute atomic E-state index is 0.276. The summed E-state index contributed by atoms with van der Waals surface area (Å²) in [5, 5.41) is 9.36. The van der Waals surface area contributed by atoms with E-state index in [-0.39, 0.29) is 11.6 Å². The maximum absolute atomic E-state index is 12.6. The monoisotopic (exact) mass is 287 g/mol. The van der Waals surface area contributed by atoms with Gasteiger partial charge in [0.1, 0.15) is 0 Å². The average molecular weight is 288 g/mol. The topological polar surface area (TPSA) is 33.1 Å². The van der Waals surface area contributed by atoms with E-state index >= 15 is 0 Å². The molecule has 100 valence electrons. The van der Waals surface area contributed by atoms with Crippen molar-refractivity contribution in [1.29, 1.82) is 0 Å². The molecule has 6 heteroatoms. The summed E-state index contributed by atoms with van der Waals surface area (Å²) < 4.78 is 37.8. The van der Waals surface area contributed by atoms with E-state index in [1.807, 2.05) is 0 Å². The van der Waals surface area contributed by atoms with Crippen LogP contribution in [0.5, 0.6) is 0 Å². The molecule has 2 nitrogen and oxygen atoms in total. The Labute approximate surface area is 112 Å². The van der Waals surface area contributed by atoms with E-state index in [9.17, 15) is 13.2 Å². The van der Waals surface area contributed by atoms with E-state index in [1.54, 1.807) is 0 Å². The van der Waals surface area contributed by atoms with Gasteiger partial charge in [0, 0.05) is 11.8 Å². The van der Waals surface area contributed by atoms with Gasteiger partial charge in [-0.15, -0.1) is 0 Å². The molecule has 0 atom stereocenters. The second-order valence-electron chi connectivity index (χ2n) is 3.90. The van der Waals surface area contributed by atoms with Crippen molar-refractivity contribution in [2.24, 2.45) is 0 Å². The Bertz CT molecular complexity index is 599. The Hall–Kier alpha value is -1.59. The number of pyridine rings is 1. The SMILES string of the molecule is OCc1cc(-c2cccc(C(F)(F)F)c2)ncc1Cl. The number of hydrogen-bond acceptors (Lipinski definition) is 2. The van der Waals surface area contributed by atoms with Crippen LogP contribution in [-0.2, 0) is 12.8 Å². The fourth-order valence-electron chi connectivity index (χ4n) is 1.61. The number of aliphatic hydroxyl groups excluding tert-OH is 1. The highest BCUT2D eigenvalue weighted by molar-refractivity contribution is 6.31. The zero-order valence-corrected chi connectivity index (χ0v) is 10.3. The van der Waals surface area contributed by atoms with Crippen LogP contribution >= 0.6 is 11.6 Å². The standard InChI is InChI=1S/C13H9ClF3NO/c14-11-6-18-12(5-9(11)7-19)8-2-1-3-10(4-8)13(15,16)17/h1-6,19H,7H2. The number of nitrogens with zero attached hydrogens (tertiary/aromatic N) is 1. The lowest BCUT2D eigenvalue weighted by Gasteiger charge is -2.09. The molecule has 0 unspecified atom stereocenters. The van der Waals surface area contributed by atoms with Crippen LogP contribution in [0.3, 0.4) is 0 Å². The first kappa shape index (κ1) is 13.8.